The summed E-state index contributed by atoms with van der Waals surface area (Å²) in [7, 11) is 0. The van der Waals surface area contributed by atoms with Crippen LogP contribution in [-0.2, 0) is 6.61 Å². The van der Waals surface area contributed by atoms with Crippen LogP contribution >= 0.6 is 11.6 Å². The van der Waals surface area contributed by atoms with Crippen molar-refractivity contribution >= 4 is 23.2 Å². The normalized spacial score (nSPS) is 12.3. The Bertz CT molecular complexity index is 991. The van der Waals surface area contributed by atoms with Crippen molar-refractivity contribution in [2.75, 3.05) is 18.5 Å². The van der Waals surface area contributed by atoms with Crippen LogP contribution in [0, 0.1) is 0 Å². The third-order valence-corrected chi connectivity index (χ3v) is 4.59. The van der Waals surface area contributed by atoms with Crippen molar-refractivity contribution < 1.29 is 19.0 Å². The van der Waals surface area contributed by atoms with Crippen LogP contribution in [0.4, 0.5) is 5.69 Å². The number of amides is 1. The predicted octanol–water partition coefficient (Wildman–Crippen LogP) is 4.94. The van der Waals surface area contributed by atoms with Gasteiger partial charge in [-0.2, -0.15) is 0 Å². The van der Waals surface area contributed by atoms with Gasteiger partial charge in [0.25, 0.3) is 5.91 Å². The second-order valence-electron chi connectivity index (χ2n) is 6.19. The summed E-state index contributed by atoms with van der Waals surface area (Å²) in [6.07, 6.45) is 0. The molecule has 0 aromatic heterocycles. The number of halogens is 1. The smallest absolute Gasteiger partial charge is 0.256 e. The molecule has 142 valence electrons. The lowest BCUT2D eigenvalue weighted by Gasteiger charge is -2.20. The van der Waals surface area contributed by atoms with Gasteiger partial charge in [-0.15, -0.1) is 0 Å². The molecule has 1 N–H and O–H groups in total. The molecule has 0 saturated heterocycles. The van der Waals surface area contributed by atoms with Crippen molar-refractivity contribution in [1.82, 2.24) is 0 Å². The maximum atomic E-state index is 12.9. The standard InChI is InChI=1S/C22H18ClNO4/c23-18-12-20-21(27-11-10-26-20)13-19(18)24-22(25)17-9-5-4-6-15(17)14-28-16-7-2-1-3-8-16/h1-9,12-13H,10-11,14H2,(H,24,25). The average Bonchev–Trinajstić information content (AvgIpc) is 2.73. The van der Waals surface area contributed by atoms with Crippen LogP contribution in [0.25, 0.3) is 0 Å². The number of rotatable bonds is 5. The zero-order valence-electron chi connectivity index (χ0n) is 15.0. The van der Waals surface area contributed by atoms with Gasteiger partial charge in [-0.3, -0.25) is 4.79 Å². The van der Waals surface area contributed by atoms with Crippen LogP contribution in [0.1, 0.15) is 15.9 Å². The molecule has 1 amide bonds. The molecule has 0 fully saturated rings. The van der Waals surface area contributed by atoms with Crippen LogP contribution < -0.4 is 19.5 Å². The van der Waals surface area contributed by atoms with E-state index in [1.54, 1.807) is 18.2 Å². The van der Waals surface area contributed by atoms with Gasteiger partial charge in [0, 0.05) is 23.3 Å². The lowest BCUT2D eigenvalue weighted by Crippen LogP contribution is -2.18. The maximum absolute atomic E-state index is 12.9. The first-order chi connectivity index (χ1) is 13.7. The van der Waals surface area contributed by atoms with E-state index in [1.807, 2.05) is 48.5 Å². The Morgan fingerprint density at radius 1 is 0.964 bits per heavy atom. The van der Waals surface area contributed by atoms with E-state index in [1.165, 1.54) is 0 Å². The van der Waals surface area contributed by atoms with Gasteiger partial charge in [0.05, 0.1) is 10.7 Å². The SMILES string of the molecule is O=C(Nc1cc2c(cc1Cl)OCCO2)c1ccccc1COc1ccccc1. The fraction of sp³-hybridized carbons (Fsp3) is 0.136. The second-order valence-corrected chi connectivity index (χ2v) is 6.60. The summed E-state index contributed by atoms with van der Waals surface area (Å²) in [5.74, 6) is 1.61. The molecule has 1 aliphatic heterocycles. The Morgan fingerprint density at radius 2 is 1.64 bits per heavy atom. The fourth-order valence-corrected chi connectivity index (χ4v) is 3.10. The van der Waals surface area contributed by atoms with Gasteiger partial charge in [0.15, 0.2) is 11.5 Å². The van der Waals surface area contributed by atoms with Crippen molar-refractivity contribution in [2.24, 2.45) is 0 Å². The van der Waals surface area contributed by atoms with Gasteiger partial charge in [-0.05, 0) is 18.2 Å². The van der Waals surface area contributed by atoms with Gasteiger partial charge in [0.1, 0.15) is 25.6 Å². The summed E-state index contributed by atoms with van der Waals surface area (Å²) in [6.45, 7) is 1.22. The zero-order chi connectivity index (χ0) is 19.3. The number of ether oxygens (including phenoxy) is 3. The number of fused-ring (bicyclic) bond motifs is 1. The van der Waals surface area contributed by atoms with Gasteiger partial charge < -0.3 is 19.5 Å². The Morgan fingerprint density at radius 3 is 2.43 bits per heavy atom. The molecule has 0 spiro atoms. The molecule has 0 saturated carbocycles. The quantitative estimate of drug-likeness (QED) is 0.664. The molecule has 0 radical (unpaired) electrons. The largest absolute Gasteiger partial charge is 0.489 e. The first-order valence-electron chi connectivity index (χ1n) is 8.87. The zero-order valence-corrected chi connectivity index (χ0v) is 15.7. The van der Waals surface area contributed by atoms with Crippen molar-refractivity contribution in [3.63, 3.8) is 0 Å². The van der Waals surface area contributed by atoms with Crippen LogP contribution in [0.2, 0.25) is 5.02 Å². The summed E-state index contributed by atoms with van der Waals surface area (Å²) < 4.78 is 16.9. The second kappa shape index (κ2) is 8.23. The summed E-state index contributed by atoms with van der Waals surface area (Å²) in [5.41, 5.74) is 1.76. The highest BCUT2D eigenvalue weighted by Gasteiger charge is 2.18. The first-order valence-corrected chi connectivity index (χ1v) is 9.25. The van der Waals surface area contributed by atoms with E-state index in [2.05, 4.69) is 5.32 Å². The molecule has 0 atom stereocenters. The number of para-hydroxylation sites is 1. The molecule has 3 aromatic rings. The average molecular weight is 396 g/mol. The number of benzene rings is 3. The first kappa shape index (κ1) is 18.2. The Balaban J connectivity index is 1.52. The Kier molecular flexibility index (Phi) is 5.35. The minimum absolute atomic E-state index is 0.272. The highest BCUT2D eigenvalue weighted by Crippen LogP contribution is 2.38. The Labute approximate surface area is 167 Å². The van der Waals surface area contributed by atoms with Gasteiger partial charge >= 0.3 is 0 Å². The number of carbonyl (C=O) groups is 1. The molecule has 1 heterocycles. The Hall–Kier alpha value is -3.18. The molecule has 0 bridgehead atoms. The summed E-state index contributed by atoms with van der Waals surface area (Å²) in [6, 6.07) is 20.1. The number of nitrogens with one attached hydrogen (secondary N) is 1. The minimum Gasteiger partial charge on any atom is -0.489 e. The summed E-state index contributed by atoms with van der Waals surface area (Å²) in [5, 5.41) is 3.24. The molecule has 1 aliphatic rings. The molecule has 28 heavy (non-hydrogen) atoms. The lowest BCUT2D eigenvalue weighted by atomic mass is 10.1. The van der Waals surface area contributed by atoms with E-state index in [9.17, 15) is 4.79 Å². The lowest BCUT2D eigenvalue weighted by molar-refractivity contribution is 0.102. The van der Waals surface area contributed by atoms with Crippen molar-refractivity contribution in [2.45, 2.75) is 6.61 Å². The van der Waals surface area contributed by atoms with Crippen molar-refractivity contribution in [3.8, 4) is 17.2 Å². The van der Waals surface area contributed by atoms with Crippen molar-refractivity contribution in [3.05, 3.63) is 82.9 Å². The van der Waals surface area contributed by atoms with E-state index in [4.69, 9.17) is 25.8 Å². The molecule has 5 nitrogen and oxygen atoms in total. The van der Waals surface area contributed by atoms with E-state index in [-0.39, 0.29) is 12.5 Å². The van der Waals surface area contributed by atoms with Gasteiger partial charge in [0.2, 0.25) is 0 Å². The number of hydrogen-bond acceptors (Lipinski definition) is 4. The summed E-state index contributed by atoms with van der Waals surface area (Å²) >= 11 is 6.30. The number of anilines is 1. The predicted molar refractivity (Wildman–Crippen MR) is 108 cm³/mol. The molecular weight excluding hydrogens is 378 g/mol. The number of hydrogen-bond donors (Lipinski definition) is 1. The highest BCUT2D eigenvalue weighted by atomic mass is 35.5. The van der Waals surface area contributed by atoms with Gasteiger partial charge in [-0.25, -0.2) is 0 Å². The third-order valence-electron chi connectivity index (χ3n) is 4.28. The molecule has 3 aromatic carbocycles. The van der Waals surface area contributed by atoms with Crippen LogP contribution in [0.15, 0.2) is 66.7 Å². The number of carbonyl (C=O) groups excluding carboxylic acids is 1. The van der Waals surface area contributed by atoms with Crippen LogP contribution in [0.5, 0.6) is 17.2 Å². The topological polar surface area (TPSA) is 56.8 Å². The fourth-order valence-electron chi connectivity index (χ4n) is 2.89. The minimum atomic E-state index is -0.272. The highest BCUT2D eigenvalue weighted by molar-refractivity contribution is 6.34. The monoisotopic (exact) mass is 395 g/mol. The summed E-state index contributed by atoms with van der Waals surface area (Å²) in [4.78, 5) is 12.9. The molecular formula is C22H18ClNO4. The van der Waals surface area contributed by atoms with Crippen molar-refractivity contribution in [1.29, 1.82) is 0 Å². The van der Waals surface area contributed by atoms with Gasteiger partial charge in [-0.1, -0.05) is 48.0 Å². The van der Waals surface area contributed by atoms with Crippen LogP contribution in [0.3, 0.4) is 0 Å². The van der Waals surface area contributed by atoms with E-state index in [0.717, 1.165) is 11.3 Å². The molecule has 0 aliphatic carbocycles. The van der Waals surface area contributed by atoms with E-state index in [0.29, 0.717) is 41.0 Å². The molecule has 6 heteroatoms. The molecule has 0 unspecified atom stereocenters. The maximum Gasteiger partial charge on any atom is 0.256 e. The molecule has 4 rings (SSSR count). The third kappa shape index (κ3) is 4.05. The van der Waals surface area contributed by atoms with Crippen LogP contribution in [-0.4, -0.2) is 19.1 Å². The van der Waals surface area contributed by atoms with E-state index < -0.39 is 0 Å². The van der Waals surface area contributed by atoms with E-state index >= 15 is 0 Å².